The summed E-state index contributed by atoms with van der Waals surface area (Å²) in [6.07, 6.45) is 3.71. The fourth-order valence-electron chi connectivity index (χ4n) is 3.32. The maximum atomic E-state index is 12.0. The second kappa shape index (κ2) is 7.41. The van der Waals surface area contributed by atoms with E-state index in [2.05, 4.69) is 19.2 Å². The topological polar surface area (TPSA) is 47.6 Å². The average molecular weight is 285 g/mol. The van der Waals surface area contributed by atoms with E-state index in [1.165, 1.54) is 13.5 Å². The van der Waals surface area contributed by atoms with Crippen LogP contribution in [0.5, 0.6) is 0 Å². The first-order valence-corrected chi connectivity index (χ1v) is 7.74. The molecule has 0 aromatic carbocycles. The van der Waals surface area contributed by atoms with Crippen LogP contribution in [0.1, 0.15) is 53.9 Å². The standard InChI is InChI=1S/C16H31NO3/c1-11(2)17-16(5,15(18)19-6)10-20-14-8-12(3)7-13(4)9-14/h11-14,17H,7-10H2,1-6H3. The zero-order chi connectivity index (χ0) is 15.3. The maximum Gasteiger partial charge on any atom is 0.328 e. The zero-order valence-electron chi connectivity index (χ0n) is 13.9. The number of nitrogens with one attached hydrogen (secondary N) is 1. The molecule has 1 fully saturated rings. The lowest BCUT2D eigenvalue weighted by molar-refractivity contribution is -0.152. The first-order valence-electron chi connectivity index (χ1n) is 7.74. The van der Waals surface area contributed by atoms with E-state index in [9.17, 15) is 4.79 Å². The van der Waals surface area contributed by atoms with Crippen molar-refractivity contribution in [3.05, 3.63) is 0 Å². The molecule has 0 amide bonds. The Balaban J connectivity index is 2.59. The Hall–Kier alpha value is -0.610. The number of hydrogen-bond acceptors (Lipinski definition) is 4. The van der Waals surface area contributed by atoms with Gasteiger partial charge >= 0.3 is 5.97 Å². The monoisotopic (exact) mass is 285 g/mol. The lowest BCUT2D eigenvalue weighted by Gasteiger charge is -2.35. The van der Waals surface area contributed by atoms with Gasteiger partial charge in [-0.05, 0) is 51.9 Å². The van der Waals surface area contributed by atoms with Gasteiger partial charge in [-0.25, -0.2) is 4.79 Å². The van der Waals surface area contributed by atoms with Crippen molar-refractivity contribution in [3.63, 3.8) is 0 Å². The minimum Gasteiger partial charge on any atom is -0.468 e. The van der Waals surface area contributed by atoms with Crippen LogP contribution in [0.2, 0.25) is 0 Å². The van der Waals surface area contributed by atoms with Crippen LogP contribution in [0.4, 0.5) is 0 Å². The molecular formula is C16H31NO3. The third-order valence-corrected chi connectivity index (χ3v) is 3.99. The summed E-state index contributed by atoms with van der Waals surface area (Å²) in [7, 11) is 1.42. The summed E-state index contributed by atoms with van der Waals surface area (Å²) < 4.78 is 11.0. The molecule has 4 heteroatoms. The van der Waals surface area contributed by atoms with Crippen molar-refractivity contribution < 1.29 is 14.3 Å². The van der Waals surface area contributed by atoms with Gasteiger partial charge in [-0.15, -0.1) is 0 Å². The van der Waals surface area contributed by atoms with Gasteiger partial charge in [0.25, 0.3) is 0 Å². The van der Waals surface area contributed by atoms with Gasteiger partial charge in [-0.1, -0.05) is 13.8 Å². The quantitative estimate of drug-likeness (QED) is 0.762. The van der Waals surface area contributed by atoms with Crippen molar-refractivity contribution in [1.29, 1.82) is 0 Å². The van der Waals surface area contributed by atoms with Crippen molar-refractivity contribution in [3.8, 4) is 0 Å². The molecule has 118 valence electrons. The fourth-order valence-corrected chi connectivity index (χ4v) is 3.32. The Bertz CT molecular complexity index is 309. The molecule has 1 N–H and O–H groups in total. The van der Waals surface area contributed by atoms with E-state index >= 15 is 0 Å². The molecule has 3 atom stereocenters. The van der Waals surface area contributed by atoms with Crippen LogP contribution in [0.3, 0.4) is 0 Å². The van der Waals surface area contributed by atoms with Crippen molar-refractivity contribution in [2.24, 2.45) is 11.8 Å². The van der Waals surface area contributed by atoms with Gasteiger partial charge in [0, 0.05) is 6.04 Å². The molecule has 1 aliphatic carbocycles. The second-order valence-electron chi connectivity index (χ2n) is 6.97. The predicted molar refractivity (Wildman–Crippen MR) is 80.6 cm³/mol. The minimum atomic E-state index is -0.771. The highest BCUT2D eigenvalue weighted by Gasteiger charge is 2.37. The van der Waals surface area contributed by atoms with Crippen LogP contribution in [-0.2, 0) is 14.3 Å². The van der Waals surface area contributed by atoms with Gasteiger partial charge in [0.05, 0.1) is 19.8 Å². The molecule has 0 bridgehead atoms. The Morgan fingerprint density at radius 1 is 1.25 bits per heavy atom. The van der Waals surface area contributed by atoms with Crippen molar-refractivity contribution in [2.45, 2.75) is 71.6 Å². The molecule has 0 aromatic heterocycles. The Morgan fingerprint density at radius 2 is 1.80 bits per heavy atom. The van der Waals surface area contributed by atoms with E-state index in [0.29, 0.717) is 18.4 Å². The molecule has 20 heavy (non-hydrogen) atoms. The summed E-state index contributed by atoms with van der Waals surface area (Å²) in [5.74, 6) is 1.14. The second-order valence-corrected chi connectivity index (χ2v) is 6.97. The largest absolute Gasteiger partial charge is 0.468 e. The lowest BCUT2D eigenvalue weighted by Crippen LogP contribution is -2.56. The molecule has 1 aliphatic rings. The van der Waals surface area contributed by atoms with Gasteiger partial charge in [0.1, 0.15) is 5.54 Å². The van der Waals surface area contributed by atoms with Crippen LogP contribution < -0.4 is 5.32 Å². The highest BCUT2D eigenvalue weighted by Crippen LogP contribution is 2.30. The minimum absolute atomic E-state index is 0.201. The number of carbonyl (C=O) groups is 1. The maximum absolute atomic E-state index is 12.0. The number of carbonyl (C=O) groups excluding carboxylic acids is 1. The zero-order valence-corrected chi connectivity index (χ0v) is 13.9. The normalized spacial score (nSPS) is 30.1. The first-order chi connectivity index (χ1) is 9.26. The number of hydrogen-bond donors (Lipinski definition) is 1. The van der Waals surface area contributed by atoms with E-state index in [4.69, 9.17) is 9.47 Å². The first kappa shape index (κ1) is 17.4. The van der Waals surface area contributed by atoms with E-state index in [0.717, 1.165) is 12.8 Å². The van der Waals surface area contributed by atoms with E-state index < -0.39 is 5.54 Å². The number of ether oxygens (including phenoxy) is 2. The SMILES string of the molecule is COC(=O)C(C)(COC1CC(C)CC(C)C1)NC(C)C. The van der Waals surface area contributed by atoms with Gasteiger partial charge < -0.3 is 9.47 Å². The summed E-state index contributed by atoms with van der Waals surface area (Å²) in [4.78, 5) is 12.0. The van der Waals surface area contributed by atoms with E-state index in [-0.39, 0.29) is 18.1 Å². The summed E-state index contributed by atoms with van der Waals surface area (Å²) in [5.41, 5.74) is -0.771. The summed E-state index contributed by atoms with van der Waals surface area (Å²) in [6.45, 7) is 10.8. The highest BCUT2D eigenvalue weighted by atomic mass is 16.5. The van der Waals surface area contributed by atoms with E-state index in [1.807, 2.05) is 20.8 Å². The average Bonchev–Trinajstić information content (AvgIpc) is 2.33. The summed E-state index contributed by atoms with van der Waals surface area (Å²) in [5, 5.41) is 3.27. The Morgan fingerprint density at radius 3 is 2.25 bits per heavy atom. The van der Waals surface area contributed by atoms with Crippen molar-refractivity contribution in [2.75, 3.05) is 13.7 Å². The number of methoxy groups -OCH3 is 1. The smallest absolute Gasteiger partial charge is 0.328 e. The number of rotatable bonds is 6. The van der Waals surface area contributed by atoms with Gasteiger partial charge in [0.2, 0.25) is 0 Å². The molecule has 0 spiro atoms. The fraction of sp³-hybridized carbons (Fsp3) is 0.938. The highest BCUT2D eigenvalue weighted by molar-refractivity contribution is 5.80. The van der Waals surface area contributed by atoms with Gasteiger partial charge in [0.15, 0.2) is 0 Å². The molecule has 4 nitrogen and oxygen atoms in total. The lowest BCUT2D eigenvalue weighted by atomic mass is 9.81. The van der Waals surface area contributed by atoms with Gasteiger partial charge in [-0.2, -0.15) is 0 Å². The Kier molecular flexibility index (Phi) is 6.46. The van der Waals surface area contributed by atoms with Crippen molar-refractivity contribution in [1.82, 2.24) is 5.32 Å². The molecule has 0 saturated heterocycles. The van der Waals surface area contributed by atoms with Crippen LogP contribution in [0, 0.1) is 11.8 Å². The summed E-state index contributed by atoms with van der Waals surface area (Å²) >= 11 is 0. The Labute approximate surface area is 123 Å². The molecular weight excluding hydrogens is 254 g/mol. The molecule has 0 radical (unpaired) electrons. The van der Waals surface area contributed by atoms with Crippen LogP contribution >= 0.6 is 0 Å². The molecule has 1 rings (SSSR count). The van der Waals surface area contributed by atoms with Crippen LogP contribution in [0.25, 0.3) is 0 Å². The third-order valence-electron chi connectivity index (χ3n) is 3.99. The molecule has 0 heterocycles. The molecule has 1 saturated carbocycles. The molecule has 0 aromatic rings. The summed E-state index contributed by atoms with van der Waals surface area (Å²) in [6, 6.07) is 0.201. The number of esters is 1. The van der Waals surface area contributed by atoms with Crippen molar-refractivity contribution >= 4 is 5.97 Å². The molecule has 0 aliphatic heterocycles. The molecule has 3 unspecified atom stereocenters. The third kappa shape index (κ3) is 5.06. The van der Waals surface area contributed by atoms with Crippen LogP contribution in [-0.4, -0.2) is 37.4 Å². The van der Waals surface area contributed by atoms with Crippen LogP contribution in [0.15, 0.2) is 0 Å². The van der Waals surface area contributed by atoms with Gasteiger partial charge in [-0.3, -0.25) is 5.32 Å². The van der Waals surface area contributed by atoms with E-state index in [1.54, 1.807) is 0 Å². The predicted octanol–water partition coefficient (Wildman–Crippen LogP) is 2.76.